The number of nitrogens with one attached hydrogen (secondary N) is 1. The lowest BCUT2D eigenvalue weighted by atomic mass is 10.0. The molecule has 48 heavy (non-hydrogen) atoms. The largest absolute Gasteiger partial charge is 0.504 e. The molecule has 1 atom stereocenters. The number of para-hydroxylation sites is 2. The van der Waals surface area contributed by atoms with Crippen molar-refractivity contribution in [2.24, 2.45) is 0 Å². The summed E-state index contributed by atoms with van der Waals surface area (Å²) in [5.74, 6) is -1.32. The SMILES string of the molecule is O=C(N[C@H](Cc1ccc2ccccc2c1)C(=O)N1CCN(c2ccccc2CN2CCCC2=O)CC1)c1cc(=O)c2cccc(O)c2o1. The second kappa shape index (κ2) is 13.2. The van der Waals surface area contributed by atoms with Crippen LogP contribution in [0.25, 0.3) is 21.7 Å². The molecule has 2 aliphatic rings. The topological polar surface area (TPSA) is 123 Å². The number of hydrogen-bond acceptors (Lipinski definition) is 7. The van der Waals surface area contributed by atoms with Gasteiger partial charge in [-0.1, -0.05) is 66.7 Å². The third-order valence-electron chi connectivity index (χ3n) is 9.27. The zero-order valence-electron chi connectivity index (χ0n) is 26.4. The number of aromatic hydroxyl groups is 1. The van der Waals surface area contributed by atoms with Crippen molar-refractivity contribution in [1.29, 1.82) is 0 Å². The fourth-order valence-corrected chi connectivity index (χ4v) is 6.72. The second-order valence-corrected chi connectivity index (χ2v) is 12.4. The summed E-state index contributed by atoms with van der Waals surface area (Å²) in [5.41, 5.74) is 2.45. The lowest BCUT2D eigenvalue weighted by Gasteiger charge is -2.38. The number of fused-ring (bicyclic) bond motifs is 2. The van der Waals surface area contributed by atoms with Crippen molar-refractivity contribution in [3.8, 4) is 5.75 Å². The predicted molar refractivity (Wildman–Crippen MR) is 183 cm³/mol. The summed E-state index contributed by atoms with van der Waals surface area (Å²) < 4.78 is 5.68. The molecule has 0 bridgehead atoms. The highest BCUT2D eigenvalue weighted by Gasteiger charge is 2.31. The molecule has 0 unspecified atom stereocenters. The van der Waals surface area contributed by atoms with Crippen molar-refractivity contribution in [2.75, 3.05) is 37.6 Å². The molecule has 4 aromatic carbocycles. The fraction of sp³-hybridized carbons (Fsp3) is 0.263. The van der Waals surface area contributed by atoms with Gasteiger partial charge in [0.1, 0.15) is 6.04 Å². The molecule has 2 N–H and O–H groups in total. The van der Waals surface area contributed by atoms with Gasteiger partial charge in [0.05, 0.1) is 5.39 Å². The van der Waals surface area contributed by atoms with E-state index in [9.17, 15) is 24.3 Å². The average Bonchev–Trinajstić information content (AvgIpc) is 3.51. The number of carbonyl (C=O) groups is 3. The first-order valence-corrected chi connectivity index (χ1v) is 16.3. The molecule has 5 aromatic rings. The summed E-state index contributed by atoms with van der Waals surface area (Å²) in [5, 5.41) is 15.4. The highest BCUT2D eigenvalue weighted by Crippen LogP contribution is 2.26. The maximum absolute atomic E-state index is 14.2. The minimum Gasteiger partial charge on any atom is -0.504 e. The van der Waals surface area contributed by atoms with Crippen LogP contribution in [0.4, 0.5) is 5.69 Å². The van der Waals surface area contributed by atoms with E-state index in [2.05, 4.69) is 22.3 Å². The van der Waals surface area contributed by atoms with Gasteiger partial charge in [0.2, 0.25) is 11.8 Å². The van der Waals surface area contributed by atoms with E-state index in [1.54, 1.807) is 4.90 Å². The number of phenols is 1. The first-order chi connectivity index (χ1) is 23.3. The number of hydrogen-bond donors (Lipinski definition) is 2. The highest BCUT2D eigenvalue weighted by atomic mass is 16.4. The van der Waals surface area contributed by atoms with E-state index >= 15 is 0 Å². The van der Waals surface area contributed by atoms with Crippen LogP contribution in [-0.2, 0) is 22.6 Å². The molecule has 3 amide bonds. The van der Waals surface area contributed by atoms with Crippen molar-refractivity contribution in [2.45, 2.75) is 31.8 Å². The maximum Gasteiger partial charge on any atom is 0.287 e. The highest BCUT2D eigenvalue weighted by molar-refractivity contribution is 5.97. The Morgan fingerprint density at radius 3 is 2.40 bits per heavy atom. The van der Waals surface area contributed by atoms with Gasteiger partial charge in [-0.15, -0.1) is 0 Å². The van der Waals surface area contributed by atoms with Crippen LogP contribution in [0.3, 0.4) is 0 Å². The van der Waals surface area contributed by atoms with Gasteiger partial charge in [-0.05, 0) is 46.5 Å². The average molecular weight is 645 g/mol. The molecule has 2 aliphatic heterocycles. The Morgan fingerprint density at radius 2 is 1.60 bits per heavy atom. The molecule has 2 fully saturated rings. The Hall–Kier alpha value is -5.64. The lowest BCUT2D eigenvalue weighted by Crippen LogP contribution is -2.55. The Kier molecular flexibility index (Phi) is 8.54. The molecular weight excluding hydrogens is 608 g/mol. The summed E-state index contributed by atoms with van der Waals surface area (Å²) in [6.07, 6.45) is 1.70. The normalized spacial score (nSPS) is 15.7. The van der Waals surface area contributed by atoms with Crippen molar-refractivity contribution in [3.63, 3.8) is 0 Å². The van der Waals surface area contributed by atoms with E-state index in [-0.39, 0.29) is 40.7 Å². The quantitative estimate of drug-likeness (QED) is 0.256. The number of carbonyl (C=O) groups excluding carboxylic acids is 3. The number of nitrogens with zero attached hydrogens (tertiary/aromatic N) is 3. The van der Waals surface area contributed by atoms with Gasteiger partial charge in [-0.2, -0.15) is 0 Å². The molecule has 0 radical (unpaired) electrons. The van der Waals surface area contributed by atoms with Gasteiger partial charge in [0.15, 0.2) is 22.5 Å². The second-order valence-electron chi connectivity index (χ2n) is 12.4. The minimum atomic E-state index is -0.941. The molecule has 10 heteroatoms. The Morgan fingerprint density at radius 1 is 0.833 bits per heavy atom. The summed E-state index contributed by atoms with van der Waals surface area (Å²) in [7, 11) is 0. The number of anilines is 1. The fourth-order valence-electron chi connectivity index (χ4n) is 6.72. The van der Waals surface area contributed by atoms with Crippen molar-refractivity contribution in [1.82, 2.24) is 15.1 Å². The van der Waals surface area contributed by atoms with Crippen LogP contribution < -0.4 is 15.6 Å². The molecular formula is C38H36N4O6. The third-order valence-corrected chi connectivity index (χ3v) is 9.27. The van der Waals surface area contributed by atoms with Crippen LogP contribution in [0.15, 0.2) is 100 Å². The molecule has 3 heterocycles. The molecule has 0 saturated carbocycles. The van der Waals surface area contributed by atoms with Gasteiger partial charge < -0.3 is 29.5 Å². The van der Waals surface area contributed by atoms with Crippen LogP contribution in [-0.4, -0.2) is 71.4 Å². The summed E-state index contributed by atoms with van der Waals surface area (Å²) >= 11 is 0. The molecule has 0 aliphatic carbocycles. The summed E-state index contributed by atoms with van der Waals surface area (Å²) in [6.45, 7) is 3.40. The summed E-state index contributed by atoms with van der Waals surface area (Å²) in [6, 6.07) is 26.5. The van der Waals surface area contributed by atoms with Crippen molar-refractivity contribution in [3.05, 3.63) is 118 Å². The molecule has 1 aromatic heterocycles. The van der Waals surface area contributed by atoms with Gasteiger partial charge in [0.25, 0.3) is 5.91 Å². The maximum atomic E-state index is 14.2. The number of phenolic OH excluding ortho intramolecular Hbond substituents is 1. The first-order valence-electron chi connectivity index (χ1n) is 16.3. The van der Waals surface area contributed by atoms with Crippen molar-refractivity contribution < 1.29 is 23.9 Å². The van der Waals surface area contributed by atoms with E-state index in [4.69, 9.17) is 4.42 Å². The van der Waals surface area contributed by atoms with E-state index in [0.29, 0.717) is 39.1 Å². The van der Waals surface area contributed by atoms with E-state index in [1.165, 1.54) is 18.2 Å². The Balaban J connectivity index is 1.11. The summed E-state index contributed by atoms with van der Waals surface area (Å²) in [4.78, 5) is 58.7. The van der Waals surface area contributed by atoms with Crippen LogP contribution >= 0.6 is 0 Å². The number of amides is 3. The minimum absolute atomic E-state index is 0.0851. The first kappa shape index (κ1) is 31.0. The molecule has 10 nitrogen and oxygen atoms in total. The number of benzene rings is 4. The molecule has 0 spiro atoms. The van der Waals surface area contributed by atoms with E-state index in [1.807, 2.05) is 59.5 Å². The van der Waals surface area contributed by atoms with E-state index < -0.39 is 17.4 Å². The third kappa shape index (κ3) is 6.33. The van der Waals surface area contributed by atoms with Crippen molar-refractivity contribution >= 4 is 45.2 Å². The van der Waals surface area contributed by atoms with Gasteiger partial charge >= 0.3 is 0 Å². The monoisotopic (exact) mass is 644 g/mol. The van der Waals surface area contributed by atoms with Crippen LogP contribution in [0.5, 0.6) is 5.75 Å². The number of likely N-dealkylation sites (tertiary alicyclic amines) is 1. The Labute approximate surface area is 277 Å². The predicted octanol–water partition coefficient (Wildman–Crippen LogP) is 4.46. The van der Waals surface area contributed by atoms with Gasteiger partial charge in [-0.25, -0.2) is 0 Å². The van der Waals surface area contributed by atoms with Crippen LogP contribution in [0.2, 0.25) is 0 Å². The smallest absolute Gasteiger partial charge is 0.287 e. The Bertz CT molecular complexity index is 2080. The zero-order chi connectivity index (χ0) is 33.2. The number of piperazine rings is 1. The lowest BCUT2D eigenvalue weighted by molar-refractivity contribution is -0.133. The van der Waals surface area contributed by atoms with Gasteiger partial charge in [-0.3, -0.25) is 19.2 Å². The molecule has 2 saturated heterocycles. The zero-order valence-corrected chi connectivity index (χ0v) is 26.4. The number of rotatable bonds is 8. The van der Waals surface area contributed by atoms with Gasteiger partial charge in [0, 0.05) is 63.9 Å². The molecule has 244 valence electrons. The van der Waals surface area contributed by atoms with Crippen LogP contribution in [0, 0.1) is 0 Å². The van der Waals surface area contributed by atoms with E-state index in [0.717, 1.165) is 46.6 Å². The van der Waals surface area contributed by atoms with Crippen LogP contribution in [0.1, 0.15) is 34.5 Å². The molecule has 7 rings (SSSR count). The standard InChI is InChI=1S/C38H36N4O6/c43-32-12-5-10-29-33(44)23-34(48-36(29)32)37(46)39-30(22-25-14-15-26-7-1-2-8-27(26)21-25)38(47)41-19-17-40(18-20-41)31-11-4-3-9-28(31)24-42-16-6-13-35(42)45/h1-5,7-12,14-15,21,23,30,43H,6,13,16-20,22,24H2,(H,39,46)/t30-/m1/s1.